The minimum Gasteiger partial charge on any atom is -0.299 e. The summed E-state index contributed by atoms with van der Waals surface area (Å²) in [5.41, 5.74) is 0.769. The topological polar surface area (TPSA) is 42.9 Å². The SMILES string of the molecule is CC(=O)C(c1cnccn1)C(C)C. The number of aromatic nitrogens is 2. The van der Waals surface area contributed by atoms with Crippen LogP contribution in [0, 0.1) is 5.92 Å². The summed E-state index contributed by atoms with van der Waals surface area (Å²) in [5, 5.41) is 0. The summed E-state index contributed by atoms with van der Waals surface area (Å²) in [7, 11) is 0. The van der Waals surface area contributed by atoms with Gasteiger partial charge < -0.3 is 0 Å². The molecule has 0 amide bonds. The van der Waals surface area contributed by atoms with Gasteiger partial charge in [-0.15, -0.1) is 0 Å². The standard InChI is InChI=1S/C10H14N2O/c1-7(2)10(8(3)13)9-6-11-4-5-12-9/h4-7,10H,1-3H3. The highest BCUT2D eigenvalue weighted by Crippen LogP contribution is 2.22. The van der Waals surface area contributed by atoms with Gasteiger partial charge in [0.1, 0.15) is 5.78 Å². The first kappa shape index (κ1) is 9.84. The van der Waals surface area contributed by atoms with E-state index in [0.717, 1.165) is 5.69 Å². The lowest BCUT2D eigenvalue weighted by atomic mass is 9.89. The average Bonchev–Trinajstić information content (AvgIpc) is 2.04. The summed E-state index contributed by atoms with van der Waals surface area (Å²) in [6.07, 6.45) is 4.89. The molecule has 0 aliphatic heterocycles. The molecule has 0 saturated carbocycles. The van der Waals surface area contributed by atoms with Crippen molar-refractivity contribution in [2.24, 2.45) is 5.92 Å². The molecule has 0 aliphatic rings. The monoisotopic (exact) mass is 178 g/mol. The van der Waals surface area contributed by atoms with Gasteiger partial charge in [-0.1, -0.05) is 13.8 Å². The van der Waals surface area contributed by atoms with Crippen molar-refractivity contribution < 1.29 is 4.79 Å². The fourth-order valence-electron chi connectivity index (χ4n) is 1.49. The molecular weight excluding hydrogens is 164 g/mol. The van der Waals surface area contributed by atoms with Crippen LogP contribution < -0.4 is 0 Å². The number of carbonyl (C=O) groups is 1. The van der Waals surface area contributed by atoms with E-state index in [4.69, 9.17) is 0 Å². The van der Waals surface area contributed by atoms with Gasteiger partial charge in [0.15, 0.2) is 0 Å². The summed E-state index contributed by atoms with van der Waals surface area (Å²) >= 11 is 0. The van der Waals surface area contributed by atoms with E-state index >= 15 is 0 Å². The fourth-order valence-corrected chi connectivity index (χ4v) is 1.49. The maximum atomic E-state index is 11.3. The Labute approximate surface area is 78.2 Å². The van der Waals surface area contributed by atoms with Gasteiger partial charge in [0, 0.05) is 18.6 Å². The van der Waals surface area contributed by atoms with Gasteiger partial charge >= 0.3 is 0 Å². The van der Waals surface area contributed by atoms with Crippen LogP contribution in [0.25, 0.3) is 0 Å². The Morgan fingerprint density at radius 1 is 1.38 bits per heavy atom. The van der Waals surface area contributed by atoms with Gasteiger partial charge in [-0.05, 0) is 12.8 Å². The lowest BCUT2D eigenvalue weighted by Gasteiger charge is -2.15. The average molecular weight is 178 g/mol. The Bertz CT molecular complexity index is 282. The quantitative estimate of drug-likeness (QED) is 0.708. The van der Waals surface area contributed by atoms with Gasteiger partial charge in [-0.3, -0.25) is 14.8 Å². The number of nitrogens with zero attached hydrogens (tertiary/aromatic N) is 2. The Kier molecular flexibility index (Phi) is 3.12. The third kappa shape index (κ3) is 2.34. The summed E-state index contributed by atoms with van der Waals surface area (Å²) in [6.45, 7) is 5.63. The van der Waals surface area contributed by atoms with E-state index < -0.39 is 0 Å². The first-order chi connectivity index (χ1) is 6.13. The molecule has 0 N–H and O–H groups in total. The van der Waals surface area contributed by atoms with Crippen LogP contribution in [-0.2, 0) is 4.79 Å². The van der Waals surface area contributed by atoms with Crippen LogP contribution in [0.1, 0.15) is 32.4 Å². The van der Waals surface area contributed by atoms with Gasteiger partial charge in [0.2, 0.25) is 0 Å². The van der Waals surface area contributed by atoms with Gasteiger partial charge in [-0.25, -0.2) is 0 Å². The lowest BCUT2D eigenvalue weighted by molar-refractivity contribution is -0.119. The number of ketones is 1. The zero-order chi connectivity index (χ0) is 9.84. The van der Waals surface area contributed by atoms with E-state index in [1.54, 1.807) is 25.5 Å². The highest BCUT2D eigenvalue weighted by molar-refractivity contribution is 5.83. The highest BCUT2D eigenvalue weighted by Gasteiger charge is 2.21. The highest BCUT2D eigenvalue weighted by atomic mass is 16.1. The number of rotatable bonds is 3. The molecule has 0 aromatic carbocycles. The van der Waals surface area contributed by atoms with Gasteiger partial charge in [0.05, 0.1) is 11.6 Å². The molecule has 3 heteroatoms. The fraction of sp³-hybridized carbons (Fsp3) is 0.500. The predicted octanol–water partition coefficient (Wildman–Crippen LogP) is 1.81. The van der Waals surface area contributed by atoms with Crippen molar-refractivity contribution in [3.63, 3.8) is 0 Å². The van der Waals surface area contributed by atoms with E-state index in [-0.39, 0.29) is 17.6 Å². The number of carbonyl (C=O) groups excluding carboxylic acids is 1. The van der Waals surface area contributed by atoms with Crippen molar-refractivity contribution in [3.8, 4) is 0 Å². The second kappa shape index (κ2) is 4.12. The molecule has 70 valence electrons. The molecule has 1 heterocycles. The van der Waals surface area contributed by atoms with Crippen LogP contribution in [-0.4, -0.2) is 15.8 Å². The smallest absolute Gasteiger partial charge is 0.139 e. The maximum absolute atomic E-state index is 11.3. The van der Waals surface area contributed by atoms with Crippen LogP contribution in [0.2, 0.25) is 0 Å². The second-order valence-electron chi connectivity index (χ2n) is 3.46. The van der Waals surface area contributed by atoms with E-state index in [1.165, 1.54) is 0 Å². The summed E-state index contributed by atoms with van der Waals surface area (Å²) < 4.78 is 0. The molecule has 0 aliphatic carbocycles. The van der Waals surface area contributed by atoms with E-state index in [0.29, 0.717) is 0 Å². The van der Waals surface area contributed by atoms with Crippen molar-refractivity contribution in [1.82, 2.24) is 9.97 Å². The number of hydrogen-bond donors (Lipinski definition) is 0. The lowest BCUT2D eigenvalue weighted by Crippen LogP contribution is -2.16. The molecule has 1 unspecified atom stereocenters. The van der Waals surface area contributed by atoms with Crippen molar-refractivity contribution in [3.05, 3.63) is 24.3 Å². The Hall–Kier alpha value is -1.25. The molecule has 0 spiro atoms. The molecule has 13 heavy (non-hydrogen) atoms. The maximum Gasteiger partial charge on any atom is 0.139 e. The summed E-state index contributed by atoms with van der Waals surface area (Å²) in [4.78, 5) is 19.4. The van der Waals surface area contributed by atoms with E-state index in [2.05, 4.69) is 9.97 Å². The Morgan fingerprint density at radius 3 is 2.46 bits per heavy atom. The van der Waals surface area contributed by atoms with Crippen LogP contribution in [0.3, 0.4) is 0 Å². The Morgan fingerprint density at radius 2 is 2.08 bits per heavy atom. The first-order valence-electron chi connectivity index (χ1n) is 4.39. The molecule has 0 saturated heterocycles. The van der Waals surface area contributed by atoms with Crippen LogP contribution >= 0.6 is 0 Å². The number of hydrogen-bond acceptors (Lipinski definition) is 3. The zero-order valence-corrected chi connectivity index (χ0v) is 8.19. The largest absolute Gasteiger partial charge is 0.299 e. The second-order valence-corrected chi connectivity index (χ2v) is 3.46. The summed E-state index contributed by atoms with van der Waals surface area (Å²) in [5.74, 6) is 0.304. The van der Waals surface area contributed by atoms with Crippen molar-refractivity contribution in [1.29, 1.82) is 0 Å². The molecule has 1 aromatic heterocycles. The number of Topliss-reactive ketones (excluding diaryl/α,β-unsaturated/α-hetero) is 1. The molecule has 1 rings (SSSR count). The molecule has 0 bridgehead atoms. The zero-order valence-electron chi connectivity index (χ0n) is 8.19. The minimum absolute atomic E-state index is 0.117. The predicted molar refractivity (Wildman–Crippen MR) is 50.3 cm³/mol. The van der Waals surface area contributed by atoms with Gasteiger partial charge in [-0.2, -0.15) is 0 Å². The van der Waals surface area contributed by atoms with Crippen molar-refractivity contribution in [2.75, 3.05) is 0 Å². The Balaban J connectivity index is 2.96. The van der Waals surface area contributed by atoms with Gasteiger partial charge in [0.25, 0.3) is 0 Å². The third-order valence-corrected chi connectivity index (χ3v) is 2.01. The molecule has 1 aromatic rings. The molecular formula is C10H14N2O. The summed E-state index contributed by atoms with van der Waals surface area (Å²) in [6, 6.07) is 0. The van der Waals surface area contributed by atoms with E-state index in [1.807, 2.05) is 13.8 Å². The van der Waals surface area contributed by atoms with Crippen LogP contribution in [0.15, 0.2) is 18.6 Å². The third-order valence-electron chi connectivity index (χ3n) is 2.01. The molecule has 1 atom stereocenters. The van der Waals surface area contributed by atoms with E-state index in [9.17, 15) is 4.79 Å². The minimum atomic E-state index is -0.117. The molecule has 3 nitrogen and oxygen atoms in total. The van der Waals surface area contributed by atoms with Crippen molar-refractivity contribution in [2.45, 2.75) is 26.7 Å². The van der Waals surface area contributed by atoms with Crippen molar-refractivity contribution >= 4 is 5.78 Å². The van der Waals surface area contributed by atoms with Crippen LogP contribution in [0.4, 0.5) is 0 Å². The molecule has 0 fully saturated rings. The van der Waals surface area contributed by atoms with Crippen LogP contribution in [0.5, 0.6) is 0 Å². The normalized spacial score (nSPS) is 12.9. The molecule has 0 radical (unpaired) electrons. The first-order valence-corrected chi connectivity index (χ1v) is 4.39.